The van der Waals surface area contributed by atoms with Gasteiger partial charge in [-0.25, -0.2) is 0 Å². The smallest absolute Gasteiger partial charge is 0.269 e. The first kappa shape index (κ1) is 11.5. The standard InChI is InChI=1S/C12H9NO3S/c14-12(7-9-5-6-17-8-9)10-1-3-11(4-2-10)13(15)16/h1-6,8H,7H2. The van der Waals surface area contributed by atoms with Crippen molar-refractivity contribution in [1.82, 2.24) is 0 Å². The van der Waals surface area contributed by atoms with Gasteiger partial charge in [-0.2, -0.15) is 11.3 Å². The van der Waals surface area contributed by atoms with Crippen LogP contribution in [0.1, 0.15) is 15.9 Å². The summed E-state index contributed by atoms with van der Waals surface area (Å²) in [6.07, 6.45) is 0.335. The number of carbonyl (C=O) groups excluding carboxylic acids is 1. The van der Waals surface area contributed by atoms with Crippen LogP contribution in [-0.4, -0.2) is 10.7 Å². The highest BCUT2D eigenvalue weighted by Gasteiger charge is 2.10. The molecule has 86 valence electrons. The van der Waals surface area contributed by atoms with Crippen molar-refractivity contribution in [2.24, 2.45) is 0 Å². The van der Waals surface area contributed by atoms with Gasteiger partial charge in [-0.15, -0.1) is 0 Å². The normalized spacial score (nSPS) is 10.1. The predicted octanol–water partition coefficient (Wildman–Crippen LogP) is 3.08. The van der Waals surface area contributed by atoms with E-state index < -0.39 is 4.92 Å². The van der Waals surface area contributed by atoms with E-state index in [2.05, 4.69) is 0 Å². The molecule has 0 saturated heterocycles. The van der Waals surface area contributed by atoms with Crippen LogP contribution in [0.5, 0.6) is 0 Å². The van der Waals surface area contributed by atoms with Gasteiger partial charge in [0.2, 0.25) is 0 Å². The van der Waals surface area contributed by atoms with Crippen LogP contribution in [0.15, 0.2) is 41.1 Å². The summed E-state index contributed by atoms with van der Waals surface area (Å²) in [6.45, 7) is 0. The lowest BCUT2D eigenvalue weighted by atomic mass is 10.1. The number of nitro groups is 1. The topological polar surface area (TPSA) is 60.2 Å². The van der Waals surface area contributed by atoms with E-state index in [1.54, 1.807) is 11.3 Å². The number of carbonyl (C=O) groups is 1. The van der Waals surface area contributed by atoms with Crippen molar-refractivity contribution in [3.63, 3.8) is 0 Å². The number of hydrogen-bond acceptors (Lipinski definition) is 4. The summed E-state index contributed by atoms with van der Waals surface area (Å²) in [4.78, 5) is 21.8. The maximum absolute atomic E-state index is 11.8. The second kappa shape index (κ2) is 4.88. The molecule has 0 saturated carbocycles. The molecule has 1 heterocycles. The number of rotatable bonds is 4. The first-order valence-electron chi connectivity index (χ1n) is 4.95. The van der Waals surface area contributed by atoms with Gasteiger partial charge < -0.3 is 0 Å². The van der Waals surface area contributed by atoms with Crippen LogP contribution in [0.2, 0.25) is 0 Å². The summed E-state index contributed by atoms with van der Waals surface area (Å²) in [5, 5.41) is 14.3. The molecule has 0 radical (unpaired) electrons. The van der Waals surface area contributed by atoms with Gasteiger partial charge in [-0.05, 0) is 34.5 Å². The molecule has 0 amide bonds. The second-order valence-corrected chi connectivity index (χ2v) is 4.32. The zero-order valence-electron chi connectivity index (χ0n) is 8.83. The van der Waals surface area contributed by atoms with Crippen molar-refractivity contribution in [2.75, 3.05) is 0 Å². The van der Waals surface area contributed by atoms with Crippen LogP contribution in [0.4, 0.5) is 5.69 Å². The van der Waals surface area contributed by atoms with Crippen molar-refractivity contribution in [3.8, 4) is 0 Å². The Labute approximate surface area is 102 Å². The van der Waals surface area contributed by atoms with Gasteiger partial charge in [0.15, 0.2) is 5.78 Å². The van der Waals surface area contributed by atoms with Gasteiger partial charge in [0, 0.05) is 24.1 Å². The largest absolute Gasteiger partial charge is 0.294 e. The third kappa shape index (κ3) is 2.76. The van der Waals surface area contributed by atoms with E-state index in [4.69, 9.17) is 0 Å². The number of hydrogen-bond donors (Lipinski definition) is 0. The van der Waals surface area contributed by atoms with E-state index in [0.717, 1.165) is 5.56 Å². The minimum atomic E-state index is -0.479. The Morgan fingerprint density at radius 2 is 1.94 bits per heavy atom. The highest BCUT2D eigenvalue weighted by Crippen LogP contribution is 2.15. The second-order valence-electron chi connectivity index (χ2n) is 3.54. The number of benzene rings is 1. The Morgan fingerprint density at radius 1 is 1.24 bits per heavy atom. The predicted molar refractivity (Wildman–Crippen MR) is 65.4 cm³/mol. The Morgan fingerprint density at radius 3 is 2.47 bits per heavy atom. The summed E-state index contributed by atoms with van der Waals surface area (Å²) in [6, 6.07) is 7.58. The number of non-ortho nitro benzene ring substituents is 1. The van der Waals surface area contributed by atoms with Gasteiger partial charge in [0.25, 0.3) is 5.69 Å². The molecule has 2 aromatic rings. The van der Waals surface area contributed by atoms with Gasteiger partial charge >= 0.3 is 0 Å². The molecule has 17 heavy (non-hydrogen) atoms. The molecule has 0 N–H and O–H groups in total. The van der Waals surface area contributed by atoms with Crippen LogP contribution in [0, 0.1) is 10.1 Å². The molecule has 0 atom stereocenters. The van der Waals surface area contributed by atoms with E-state index in [1.165, 1.54) is 24.3 Å². The number of nitro benzene ring substituents is 1. The zero-order valence-corrected chi connectivity index (χ0v) is 9.65. The van der Waals surface area contributed by atoms with Crippen molar-refractivity contribution in [2.45, 2.75) is 6.42 Å². The molecular weight excluding hydrogens is 238 g/mol. The van der Waals surface area contributed by atoms with E-state index in [1.807, 2.05) is 16.8 Å². The molecule has 4 nitrogen and oxygen atoms in total. The summed E-state index contributed by atoms with van der Waals surface area (Å²) < 4.78 is 0. The van der Waals surface area contributed by atoms with E-state index in [0.29, 0.717) is 12.0 Å². The number of Topliss-reactive ketones (excluding diaryl/α,β-unsaturated/α-hetero) is 1. The fraction of sp³-hybridized carbons (Fsp3) is 0.0833. The fourth-order valence-corrected chi connectivity index (χ4v) is 2.12. The van der Waals surface area contributed by atoms with E-state index in [-0.39, 0.29) is 11.5 Å². The Kier molecular flexibility index (Phi) is 3.30. The Bertz CT molecular complexity index is 531. The van der Waals surface area contributed by atoms with E-state index in [9.17, 15) is 14.9 Å². The molecule has 0 unspecified atom stereocenters. The summed E-state index contributed by atoms with van der Waals surface area (Å²) in [5.41, 5.74) is 1.47. The van der Waals surface area contributed by atoms with Gasteiger partial charge in [0.05, 0.1) is 4.92 Å². The maximum Gasteiger partial charge on any atom is 0.269 e. The average molecular weight is 247 g/mol. The van der Waals surface area contributed by atoms with Crippen molar-refractivity contribution in [1.29, 1.82) is 0 Å². The molecule has 0 bridgehead atoms. The van der Waals surface area contributed by atoms with Crippen LogP contribution >= 0.6 is 11.3 Å². The quantitative estimate of drug-likeness (QED) is 0.474. The monoisotopic (exact) mass is 247 g/mol. The molecule has 1 aromatic carbocycles. The van der Waals surface area contributed by atoms with Gasteiger partial charge in [-0.1, -0.05) is 0 Å². The third-order valence-corrected chi connectivity index (χ3v) is 3.08. The van der Waals surface area contributed by atoms with Crippen molar-refractivity contribution < 1.29 is 9.72 Å². The molecule has 0 spiro atoms. The lowest BCUT2D eigenvalue weighted by Gasteiger charge is -1.99. The Balaban J connectivity index is 2.12. The van der Waals surface area contributed by atoms with Crippen LogP contribution < -0.4 is 0 Å². The minimum Gasteiger partial charge on any atom is -0.294 e. The minimum absolute atomic E-state index is 0.00270. The van der Waals surface area contributed by atoms with E-state index >= 15 is 0 Å². The molecule has 0 aliphatic rings. The zero-order chi connectivity index (χ0) is 12.3. The first-order valence-corrected chi connectivity index (χ1v) is 5.90. The molecule has 5 heteroatoms. The first-order chi connectivity index (χ1) is 8.16. The molecule has 0 aliphatic heterocycles. The van der Waals surface area contributed by atoms with Crippen LogP contribution in [0.25, 0.3) is 0 Å². The van der Waals surface area contributed by atoms with Crippen molar-refractivity contribution in [3.05, 3.63) is 62.3 Å². The average Bonchev–Trinajstić information content (AvgIpc) is 2.82. The lowest BCUT2D eigenvalue weighted by Crippen LogP contribution is -2.02. The third-order valence-electron chi connectivity index (χ3n) is 2.34. The highest BCUT2D eigenvalue weighted by molar-refractivity contribution is 7.08. The molecule has 0 aliphatic carbocycles. The Hall–Kier alpha value is -2.01. The number of nitrogens with zero attached hydrogens (tertiary/aromatic N) is 1. The SMILES string of the molecule is O=C(Cc1ccsc1)c1ccc([N+](=O)[O-])cc1. The molecule has 0 fully saturated rings. The lowest BCUT2D eigenvalue weighted by molar-refractivity contribution is -0.384. The van der Waals surface area contributed by atoms with Crippen LogP contribution in [0.3, 0.4) is 0 Å². The van der Waals surface area contributed by atoms with Gasteiger partial charge in [0.1, 0.15) is 0 Å². The van der Waals surface area contributed by atoms with Gasteiger partial charge in [-0.3, -0.25) is 14.9 Å². The maximum atomic E-state index is 11.8. The molecular formula is C12H9NO3S. The molecule has 1 aromatic heterocycles. The summed E-state index contributed by atoms with van der Waals surface area (Å²) in [7, 11) is 0. The highest BCUT2D eigenvalue weighted by atomic mass is 32.1. The summed E-state index contributed by atoms with van der Waals surface area (Å²) in [5.74, 6) is -0.0294. The summed E-state index contributed by atoms with van der Waals surface area (Å²) >= 11 is 1.54. The van der Waals surface area contributed by atoms with Crippen molar-refractivity contribution >= 4 is 22.8 Å². The van der Waals surface area contributed by atoms with Crippen LogP contribution in [-0.2, 0) is 6.42 Å². The fourth-order valence-electron chi connectivity index (χ4n) is 1.45. The number of ketones is 1. The number of thiophene rings is 1. The molecule has 2 rings (SSSR count).